The van der Waals surface area contributed by atoms with Gasteiger partial charge in [-0.2, -0.15) is 74.6 Å². The first-order chi connectivity index (χ1) is 16.0. The van der Waals surface area contributed by atoms with Crippen LogP contribution in [0.25, 0.3) is 0 Å². The van der Waals surface area contributed by atoms with Crippen LogP contribution in [0.3, 0.4) is 0 Å². The molecule has 0 heterocycles. The molecule has 1 nitrogen and oxygen atoms in total. The molecule has 37 heavy (non-hydrogen) atoms. The lowest BCUT2D eigenvalue weighted by Gasteiger charge is -2.44. The van der Waals surface area contributed by atoms with Crippen LogP contribution in [0.15, 0.2) is 24.3 Å². The summed E-state index contributed by atoms with van der Waals surface area (Å²) in [6.45, 7) is 0.370. The van der Waals surface area contributed by atoms with E-state index in [1.54, 1.807) is 0 Å². The van der Waals surface area contributed by atoms with Crippen molar-refractivity contribution in [1.82, 2.24) is 0 Å². The Labute approximate surface area is 194 Å². The van der Waals surface area contributed by atoms with Crippen LogP contribution in [-0.4, -0.2) is 54.7 Å². The van der Waals surface area contributed by atoms with Gasteiger partial charge in [0, 0.05) is 7.11 Å². The van der Waals surface area contributed by atoms with Crippen molar-refractivity contribution >= 4 is 0 Å². The Kier molecular flexibility index (Phi) is 8.01. The van der Waals surface area contributed by atoms with Crippen LogP contribution < -0.4 is 0 Å². The third-order valence-electron chi connectivity index (χ3n) is 5.23. The Balaban J connectivity index is 3.67. The fourth-order valence-corrected chi connectivity index (χ4v) is 2.84. The van der Waals surface area contributed by atoms with E-state index in [-0.39, 0.29) is 0 Å². The molecule has 0 N–H and O–H groups in total. The minimum Gasteiger partial charge on any atom is -0.374 e. The molecule has 1 atom stereocenters. The van der Waals surface area contributed by atoms with Crippen molar-refractivity contribution in [1.29, 1.82) is 0 Å². The van der Waals surface area contributed by atoms with Crippen LogP contribution in [-0.2, 0) is 10.3 Å². The average molecular weight is 586 g/mol. The van der Waals surface area contributed by atoms with Crippen LogP contribution in [0.4, 0.5) is 79.0 Å². The number of rotatable bonds is 10. The number of halogens is 18. The molecule has 0 aliphatic carbocycles. The first kappa shape index (κ1) is 32.9. The normalized spacial score (nSPS) is 17.1. The smallest absolute Gasteiger partial charge is 0.374 e. The molecule has 0 bridgehead atoms. The number of ether oxygens (including phenoxy) is 1. The maximum atomic E-state index is 14.3. The summed E-state index contributed by atoms with van der Waals surface area (Å²) in [5, 5.41) is 0. The molecule has 216 valence electrons. The van der Waals surface area contributed by atoms with Crippen molar-refractivity contribution in [2.45, 2.75) is 66.6 Å². The molecule has 0 aliphatic rings. The van der Waals surface area contributed by atoms with Crippen molar-refractivity contribution in [2.24, 2.45) is 0 Å². The summed E-state index contributed by atoms with van der Waals surface area (Å²) in [6.07, 6.45) is -10.7. The number of hydrogen-bond acceptors (Lipinski definition) is 1. The number of methoxy groups -OCH3 is 1. The van der Waals surface area contributed by atoms with E-state index >= 15 is 0 Å². The number of hydrogen-bond donors (Lipinski definition) is 0. The van der Waals surface area contributed by atoms with E-state index in [2.05, 4.69) is 4.74 Å². The van der Waals surface area contributed by atoms with Crippen molar-refractivity contribution < 1.29 is 83.8 Å². The SMILES string of the molecule is COC(C)(CC(F)(F)C(F)(F)C(F)(F)C(F)(F)C(F)(F)C(F)(F)C(F)(F)C(F)(F)F)c1cccc(F)c1. The van der Waals surface area contributed by atoms with Crippen molar-refractivity contribution in [3.05, 3.63) is 35.6 Å². The summed E-state index contributed by atoms with van der Waals surface area (Å²) >= 11 is 0. The lowest BCUT2D eigenvalue weighted by Crippen LogP contribution is -2.74. The standard InChI is InChI=1S/C18H12F18O/c1-10(37-2,8-4-3-5-9(19)6-8)7-11(20,21)12(22,23)13(24,25)14(26,27)15(28,29)16(30,31)17(32,33)18(34,35)36/h3-6H,7H2,1-2H3. The second-order valence-electron chi connectivity index (χ2n) is 7.77. The lowest BCUT2D eigenvalue weighted by molar-refractivity contribution is -0.462. The van der Waals surface area contributed by atoms with Gasteiger partial charge in [-0.25, -0.2) is 4.39 Å². The van der Waals surface area contributed by atoms with E-state index in [9.17, 15) is 79.0 Å². The summed E-state index contributed by atoms with van der Waals surface area (Å²) in [5.41, 5.74) is -3.85. The maximum Gasteiger partial charge on any atom is 0.460 e. The van der Waals surface area contributed by atoms with Gasteiger partial charge in [0.2, 0.25) is 0 Å². The first-order valence-corrected chi connectivity index (χ1v) is 9.04. The van der Waals surface area contributed by atoms with Gasteiger partial charge in [-0.3, -0.25) is 0 Å². The van der Waals surface area contributed by atoms with Gasteiger partial charge in [-0.15, -0.1) is 0 Å². The maximum absolute atomic E-state index is 14.3. The Morgan fingerprint density at radius 1 is 0.595 bits per heavy atom. The quantitative estimate of drug-likeness (QED) is 0.252. The molecule has 1 unspecified atom stereocenters. The predicted octanol–water partition coefficient (Wildman–Crippen LogP) is 8.09. The number of alkyl halides is 17. The molecule has 0 amide bonds. The molecule has 0 spiro atoms. The molecule has 0 fully saturated rings. The molecule has 19 heteroatoms. The van der Waals surface area contributed by atoms with E-state index in [0.717, 1.165) is 6.07 Å². The Hall–Kier alpha value is -2.08. The van der Waals surface area contributed by atoms with Gasteiger partial charge in [0.25, 0.3) is 0 Å². The minimum absolute atomic E-state index is 0.304. The number of benzene rings is 1. The monoisotopic (exact) mass is 586 g/mol. The molecule has 0 saturated heterocycles. The lowest BCUT2D eigenvalue weighted by atomic mass is 9.83. The highest BCUT2D eigenvalue weighted by Crippen LogP contribution is 2.64. The second-order valence-corrected chi connectivity index (χ2v) is 7.77. The van der Waals surface area contributed by atoms with Crippen LogP contribution in [0.2, 0.25) is 0 Å². The molecule has 1 aromatic rings. The zero-order valence-electron chi connectivity index (χ0n) is 17.7. The topological polar surface area (TPSA) is 9.23 Å². The van der Waals surface area contributed by atoms with Gasteiger partial charge in [0.15, 0.2) is 0 Å². The minimum atomic E-state index is -8.70. The van der Waals surface area contributed by atoms with Gasteiger partial charge in [0.05, 0.1) is 12.0 Å². The summed E-state index contributed by atoms with van der Waals surface area (Å²) in [4.78, 5) is 0. The van der Waals surface area contributed by atoms with E-state index in [0.29, 0.717) is 32.2 Å². The van der Waals surface area contributed by atoms with Gasteiger partial charge in [-0.1, -0.05) is 12.1 Å². The van der Waals surface area contributed by atoms with Gasteiger partial charge < -0.3 is 4.74 Å². The summed E-state index contributed by atoms with van der Waals surface area (Å²) in [5.74, 6) is -58.3. The highest BCUT2D eigenvalue weighted by molar-refractivity contribution is 5.24. The molecule has 1 rings (SSSR count). The molecule has 0 aromatic heterocycles. The van der Waals surface area contributed by atoms with E-state index in [1.165, 1.54) is 0 Å². The zero-order chi connectivity index (χ0) is 29.9. The zero-order valence-corrected chi connectivity index (χ0v) is 17.7. The fraction of sp³-hybridized carbons (Fsp3) is 0.667. The largest absolute Gasteiger partial charge is 0.460 e. The first-order valence-electron chi connectivity index (χ1n) is 9.04. The van der Waals surface area contributed by atoms with Crippen molar-refractivity contribution in [3.63, 3.8) is 0 Å². The van der Waals surface area contributed by atoms with Crippen LogP contribution in [0.1, 0.15) is 18.9 Å². The van der Waals surface area contributed by atoms with Crippen LogP contribution in [0, 0.1) is 5.82 Å². The molecule has 0 radical (unpaired) electrons. The Morgan fingerprint density at radius 3 is 1.32 bits per heavy atom. The Bertz CT molecular complexity index is 966. The van der Waals surface area contributed by atoms with E-state index in [4.69, 9.17) is 0 Å². The van der Waals surface area contributed by atoms with Gasteiger partial charge in [-0.05, 0) is 24.6 Å². The third-order valence-corrected chi connectivity index (χ3v) is 5.23. The molecule has 0 aliphatic heterocycles. The molecular formula is C18H12F18O. The highest BCUT2D eigenvalue weighted by atomic mass is 19.4. The van der Waals surface area contributed by atoms with Gasteiger partial charge >= 0.3 is 47.6 Å². The van der Waals surface area contributed by atoms with E-state index < -0.39 is 71.0 Å². The van der Waals surface area contributed by atoms with Crippen LogP contribution >= 0.6 is 0 Å². The Morgan fingerprint density at radius 2 is 0.973 bits per heavy atom. The predicted molar refractivity (Wildman–Crippen MR) is 86.1 cm³/mol. The fourth-order valence-electron chi connectivity index (χ4n) is 2.84. The summed E-state index contributed by atoms with van der Waals surface area (Å²) < 4.78 is 245. The summed E-state index contributed by atoms with van der Waals surface area (Å²) in [7, 11) is 0.430. The van der Waals surface area contributed by atoms with E-state index in [1.807, 2.05) is 0 Å². The molecule has 0 saturated carbocycles. The molecule has 1 aromatic carbocycles. The summed E-state index contributed by atoms with van der Waals surface area (Å²) in [6, 6.07) is 2.37. The highest BCUT2D eigenvalue weighted by Gasteiger charge is 2.95. The second kappa shape index (κ2) is 9.00. The third kappa shape index (κ3) is 4.68. The van der Waals surface area contributed by atoms with Crippen molar-refractivity contribution in [2.75, 3.05) is 7.11 Å². The van der Waals surface area contributed by atoms with Gasteiger partial charge in [0.1, 0.15) is 5.82 Å². The molecular weight excluding hydrogens is 574 g/mol. The van der Waals surface area contributed by atoms with Crippen LogP contribution in [0.5, 0.6) is 0 Å². The van der Waals surface area contributed by atoms with Crippen molar-refractivity contribution in [3.8, 4) is 0 Å². The average Bonchev–Trinajstić information content (AvgIpc) is 2.71.